The topological polar surface area (TPSA) is 140 Å². The molecular weight excluding hydrogens is 518 g/mol. The summed E-state index contributed by atoms with van der Waals surface area (Å²) in [6, 6.07) is 4.64. The third kappa shape index (κ3) is 9.80. The van der Waals surface area contributed by atoms with Gasteiger partial charge in [0.2, 0.25) is 0 Å². The first-order valence-electron chi connectivity index (χ1n) is 13.8. The van der Waals surface area contributed by atoms with E-state index < -0.39 is 46.5 Å². The number of nitrogens with two attached hydrogens (primary N) is 1. The summed E-state index contributed by atoms with van der Waals surface area (Å²) in [5, 5.41) is 0. The molecule has 1 rings (SSSR count). The van der Waals surface area contributed by atoms with Crippen LogP contribution in [-0.4, -0.2) is 48.9 Å². The minimum Gasteiger partial charge on any atom is -0.468 e. The fourth-order valence-electron chi connectivity index (χ4n) is 3.38. The zero-order chi connectivity index (χ0) is 30.9. The Hall–Kier alpha value is -3.14. The molecule has 0 fully saturated rings. The molecule has 1 unspecified atom stereocenters. The van der Waals surface area contributed by atoms with E-state index in [1.807, 2.05) is 20.8 Å². The molecular formula is C30H47NO9. The van der Waals surface area contributed by atoms with Gasteiger partial charge >= 0.3 is 24.1 Å². The SMILES string of the molecule is CC[C@H](C)OC(=O)O[C@@H](C)CC(N)(Cc1ccc(OC(=O)C(C)(C)CC)c(OC(=O)C(C)(C)CC)c1)C(=O)OC. The summed E-state index contributed by atoms with van der Waals surface area (Å²) >= 11 is 0. The second kappa shape index (κ2) is 14.5. The molecule has 1 aromatic rings. The number of rotatable bonds is 14. The first-order valence-corrected chi connectivity index (χ1v) is 13.8. The van der Waals surface area contributed by atoms with Crippen LogP contribution in [0.3, 0.4) is 0 Å². The molecule has 0 amide bonds. The minimum absolute atomic E-state index is 0.0259. The van der Waals surface area contributed by atoms with E-state index in [1.165, 1.54) is 19.2 Å². The van der Waals surface area contributed by atoms with Gasteiger partial charge in [0.25, 0.3) is 0 Å². The van der Waals surface area contributed by atoms with Gasteiger partial charge in [-0.1, -0.05) is 26.8 Å². The van der Waals surface area contributed by atoms with Crippen molar-refractivity contribution in [1.82, 2.24) is 0 Å². The molecule has 10 nitrogen and oxygen atoms in total. The summed E-state index contributed by atoms with van der Waals surface area (Å²) in [5.41, 5.74) is 3.88. The van der Waals surface area contributed by atoms with Gasteiger partial charge in [0, 0.05) is 12.8 Å². The van der Waals surface area contributed by atoms with Crippen molar-refractivity contribution in [2.24, 2.45) is 16.6 Å². The minimum atomic E-state index is -1.60. The van der Waals surface area contributed by atoms with E-state index in [0.29, 0.717) is 24.8 Å². The van der Waals surface area contributed by atoms with Crippen LogP contribution in [0.15, 0.2) is 18.2 Å². The van der Waals surface area contributed by atoms with Crippen molar-refractivity contribution >= 4 is 24.1 Å². The number of carbonyl (C=O) groups is 4. The van der Waals surface area contributed by atoms with Crippen LogP contribution in [0.2, 0.25) is 0 Å². The number of hydrogen-bond donors (Lipinski definition) is 1. The first kappa shape index (κ1) is 34.9. The van der Waals surface area contributed by atoms with Crippen LogP contribution in [-0.2, 0) is 35.0 Å². The smallest absolute Gasteiger partial charge is 0.468 e. The molecule has 0 saturated heterocycles. The lowest BCUT2D eigenvalue weighted by Crippen LogP contribution is -2.53. The largest absolute Gasteiger partial charge is 0.508 e. The number of benzene rings is 1. The summed E-state index contributed by atoms with van der Waals surface area (Å²) in [5.74, 6) is -1.61. The van der Waals surface area contributed by atoms with Crippen molar-refractivity contribution in [1.29, 1.82) is 0 Å². The maximum absolute atomic E-state index is 12.9. The molecule has 0 aliphatic rings. The molecule has 226 valence electrons. The zero-order valence-corrected chi connectivity index (χ0v) is 25.7. The summed E-state index contributed by atoms with van der Waals surface area (Å²) in [4.78, 5) is 50.6. The Kier molecular flexibility index (Phi) is 12.6. The van der Waals surface area contributed by atoms with E-state index in [-0.39, 0.29) is 30.4 Å². The summed E-state index contributed by atoms with van der Waals surface area (Å²) in [7, 11) is 1.21. The molecule has 0 aliphatic carbocycles. The van der Waals surface area contributed by atoms with Crippen molar-refractivity contribution in [2.75, 3.05) is 7.11 Å². The van der Waals surface area contributed by atoms with Crippen LogP contribution in [0.25, 0.3) is 0 Å². The van der Waals surface area contributed by atoms with E-state index in [0.717, 1.165) is 0 Å². The molecule has 0 aliphatic heterocycles. The Balaban J connectivity index is 3.36. The van der Waals surface area contributed by atoms with Crippen molar-refractivity contribution in [2.45, 2.75) is 112 Å². The molecule has 0 saturated carbocycles. The first-order chi connectivity index (χ1) is 18.4. The highest BCUT2D eigenvalue weighted by Crippen LogP contribution is 2.35. The molecule has 0 aromatic heterocycles. The Morgan fingerprint density at radius 2 is 1.30 bits per heavy atom. The number of esters is 3. The molecule has 0 radical (unpaired) electrons. The summed E-state index contributed by atoms with van der Waals surface area (Å²) in [6.07, 6.45) is -0.397. The molecule has 0 spiro atoms. The highest BCUT2D eigenvalue weighted by Gasteiger charge is 2.39. The summed E-state index contributed by atoms with van der Waals surface area (Å²) in [6.45, 7) is 16.0. The fraction of sp³-hybridized carbons (Fsp3) is 0.667. The molecule has 10 heteroatoms. The monoisotopic (exact) mass is 565 g/mol. The lowest BCUT2D eigenvalue weighted by molar-refractivity contribution is -0.148. The Bertz CT molecular complexity index is 1050. The third-order valence-corrected chi connectivity index (χ3v) is 7.22. The van der Waals surface area contributed by atoms with Crippen molar-refractivity contribution in [3.05, 3.63) is 23.8 Å². The maximum Gasteiger partial charge on any atom is 0.508 e. The van der Waals surface area contributed by atoms with Crippen LogP contribution < -0.4 is 15.2 Å². The van der Waals surface area contributed by atoms with Gasteiger partial charge in [-0.05, 0) is 78.5 Å². The van der Waals surface area contributed by atoms with Gasteiger partial charge in [-0.2, -0.15) is 0 Å². The van der Waals surface area contributed by atoms with Gasteiger partial charge in [0.1, 0.15) is 17.7 Å². The quantitative estimate of drug-likeness (QED) is 0.227. The van der Waals surface area contributed by atoms with Gasteiger partial charge in [0.05, 0.1) is 17.9 Å². The van der Waals surface area contributed by atoms with Crippen LogP contribution in [0.5, 0.6) is 11.5 Å². The number of methoxy groups -OCH3 is 1. The van der Waals surface area contributed by atoms with E-state index in [4.69, 9.17) is 29.4 Å². The molecule has 40 heavy (non-hydrogen) atoms. The van der Waals surface area contributed by atoms with Gasteiger partial charge in [-0.15, -0.1) is 0 Å². The second-order valence-corrected chi connectivity index (χ2v) is 11.6. The molecule has 3 atom stereocenters. The average Bonchev–Trinajstić information content (AvgIpc) is 2.88. The highest BCUT2D eigenvalue weighted by atomic mass is 16.7. The van der Waals surface area contributed by atoms with Crippen LogP contribution in [0.4, 0.5) is 4.79 Å². The van der Waals surface area contributed by atoms with Gasteiger partial charge < -0.3 is 29.4 Å². The summed E-state index contributed by atoms with van der Waals surface area (Å²) < 4.78 is 26.8. The normalized spacial score (nSPS) is 14.8. The highest BCUT2D eigenvalue weighted by molar-refractivity contribution is 5.82. The number of ether oxygens (including phenoxy) is 5. The predicted molar refractivity (Wildman–Crippen MR) is 150 cm³/mol. The van der Waals surface area contributed by atoms with E-state index in [1.54, 1.807) is 47.6 Å². The van der Waals surface area contributed by atoms with Gasteiger partial charge in [0.15, 0.2) is 11.5 Å². The molecule has 0 heterocycles. The Morgan fingerprint density at radius 3 is 1.77 bits per heavy atom. The van der Waals surface area contributed by atoms with Crippen molar-refractivity contribution < 1.29 is 42.9 Å². The zero-order valence-electron chi connectivity index (χ0n) is 25.7. The molecule has 2 N–H and O–H groups in total. The van der Waals surface area contributed by atoms with E-state index in [9.17, 15) is 19.2 Å². The van der Waals surface area contributed by atoms with Crippen LogP contribution in [0, 0.1) is 10.8 Å². The van der Waals surface area contributed by atoms with E-state index in [2.05, 4.69) is 0 Å². The van der Waals surface area contributed by atoms with Crippen LogP contribution in [0.1, 0.15) is 93.6 Å². The maximum atomic E-state index is 12.9. The van der Waals surface area contributed by atoms with Gasteiger partial charge in [-0.3, -0.25) is 14.4 Å². The lowest BCUT2D eigenvalue weighted by atomic mass is 9.86. The predicted octanol–water partition coefficient (Wildman–Crippen LogP) is 5.51. The van der Waals surface area contributed by atoms with E-state index >= 15 is 0 Å². The number of carbonyl (C=O) groups excluding carboxylic acids is 4. The third-order valence-electron chi connectivity index (χ3n) is 7.22. The number of hydrogen-bond acceptors (Lipinski definition) is 10. The average molecular weight is 566 g/mol. The lowest BCUT2D eigenvalue weighted by Gasteiger charge is -2.29. The van der Waals surface area contributed by atoms with Crippen LogP contribution >= 0.6 is 0 Å². The van der Waals surface area contributed by atoms with Crippen molar-refractivity contribution in [3.63, 3.8) is 0 Å². The Labute approximate surface area is 238 Å². The Morgan fingerprint density at radius 1 is 0.800 bits per heavy atom. The van der Waals surface area contributed by atoms with Crippen molar-refractivity contribution in [3.8, 4) is 11.5 Å². The second-order valence-electron chi connectivity index (χ2n) is 11.6. The molecule has 0 bridgehead atoms. The standard InChI is InChI=1S/C30H47NO9/c1-11-19(4)37-27(35)38-20(5)17-30(31,26(34)36-10)18-21-14-15-22(39-24(32)28(6,7)12-2)23(16-21)40-25(33)29(8,9)13-3/h14-16,19-20H,11-13,17-18,31H2,1-10H3/t19-,20-,30?/m0/s1. The fourth-order valence-corrected chi connectivity index (χ4v) is 3.38. The molecule has 1 aromatic carbocycles. The van der Waals surface area contributed by atoms with Gasteiger partial charge in [-0.25, -0.2) is 4.79 Å².